The molecule has 0 aromatic heterocycles. The van der Waals surface area contributed by atoms with Gasteiger partial charge in [0.1, 0.15) is 0 Å². The van der Waals surface area contributed by atoms with E-state index in [1.165, 1.54) is 0 Å². The van der Waals surface area contributed by atoms with Crippen LogP contribution in [0.1, 0.15) is 0 Å². The molecule has 1 radical (unpaired) electrons. The van der Waals surface area contributed by atoms with Gasteiger partial charge in [-0.15, -0.1) is 0 Å². The normalized spacial score (nSPS) is 12.7. The van der Waals surface area contributed by atoms with Crippen LogP contribution < -0.4 is 0 Å². The molecule has 0 aliphatic rings. The third-order valence-electron chi connectivity index (χ3n) is 0. The van der Waals surface area contributed by atoms with E-state index in [0.29, 0.717) is 0 Å². The molecule has 0 aromatic carbocycles. The van der Waals surface area contributed by atoms with E-state index in [9.17, 15) is 0 Å². The standard InChI is InChI=1S/4ClH.Mo.Rh/h4*1H;;/q;;;;+4;/p-4. The maximum Gasteiger partial charge on any atom is 0 e. The van der Waals surface area contributed by atoms with Gasteiger partial charge in [-0.25, -0.2) is 0 Å². The van der Waals surface area contributed by atoms with Crippen molar-refractivity contribution >= 4 is 37.7 Å². The van der Waals surface area contributed by atoms with Crippen LogP contribution in [-0.2, 0) is 31.4 Å². The van der Waals surface area contributed by atoms with Crippen LogP contribution in [0.25, 0.3) is 0 Å². The number of halogens is 4. The Hall–Kier alpha value is 2.47. The average molecular weight is 341 g/mol. The summed E-state index contributed by atoms with van der Waals surface area (Å²) in [5, 5.41) is 0. The summed E-state index contributed by atoms with van der Waals surface area (Å²) in [5.74, 6) is 0. The number of hydrogen-bond donors (Lipinski definition) is 0. The second kappa shape index (κ2) is 4.36. The fourth-order valence-corrected chi connectivity index (χ4v) is 0. The van der Waals surface area contributed by atoms with Crippen molar-refractivity contribution in [3.8, 4) is 0 Å². The second-order valence-electron chi connectivity index (χ2n) is 0.350. The van der Waals surface area contributed by atoms with Gasteiger partial charge in [0.25, 0.3) is 0 Å². The monoisotopic (exact) mass is 341 g/mol. The van der Waals surface area contributed by atoms with E-state index in [1.807, 2.05) is 0 Å². The van der Waals surface area contributed by atoms with E-state index in [2.05, 4.69) is 0 Å². The zero-order chi connectivity index (χ0) is 4.50. The zero-order valence-electron chi connectivity index (χ0n) is 2.25. The third-order valence-corrected chi connectivity index (χ3v) is 0. The molecule has 0 aliphatic carbocycles. The molecule has 0 unspecified atom stereocenters. The molecule has 0 saturated carbocycles. The summed E-state index contributed by atoms with van der Waals surface area (Å²) >= 11 is -3.13. The Bertz CT molecular complexity index is 23.0. The Morgan fingerprint density at radius 2 is 0.833 bits per heavy atom. The predicted octanol–water partition coefficient (Wildman–Crippen LogP) is 2.75. The summed E-state index contributed by atoms with van der Waals surface area (Å²) in [6, 6.07) is 0. The predicted molar refractivity (Wildman–Crippen MR) is 23.4 cm³/mol. The molecule has 0 saturated heterocycles. The second-order valence-corrected chi connectivity index (χ2v) is 18.6. The van der Waals surface area contributed by atoms with Crippen molar-refractivity contribution in [2.24, 2.45) is 0 Å². The Labute approximate surface area is 68.1 Å². The van der Waals surface area contributed by atoms with Gasteiger partial charge in [-0.05, 0) is 0 Å². The SMILES string of the molecule is [Cl][Mo]([Cl])([Cl])[Cl].[Rh]. The van der Waals surface area contributed by atoms with Crippen molar-refractivity contribution < 1.29 is 31.4 Å². The molecular formula is Cl4MoRh. The van der Waals surface area contributed by atoms with Crippen LogP contribution in [0.4, 0.5) is 0 Å². The molecule has 43 valence electrons. The Balaban J connectivity index is 0. The maximum atomic E-state index is 5.02. The molecule has 0 amide bonds. The molecule has 6 heavy (non-hydrogen) atoms. The minimum absolute atomic E-state index is 0. The van der Waals surface area contributed by atoms with Crippen molar-refractivity contribution in [2.75, 3.05) is 0 Å². The summed E-state index contributed by atoms with van der Waals surface area (Å²) in [6.45, 7) is 0. The molecule has 0 heterocycles. The van der Waals surface area contributed by atoms with Crippen molar-refractivity contribution in [3.05, 3.63) is 0 Å². The molecule has 0 aromatic rings. The van der Waals surface area contributed by atoms with Gasteiger partial charge in [-0.2, -0.15) is 0 Å². The largest absolute Gasteiger partial charge is 0 e. The number of hydrogen-bond acceptors (Lipinski definition) is 0. The first-order chi connectivity index (χ1) is 2.00. The van der Waals surface area contributed by atoms with Crippen LogP contribution in [0.5, 0.6) is 0 Å². The first kappa shape index (κ1) is 11.3. The molecule has 0 bridgehead atoms. The summed E-state index contributed by atoms with van der Waals surface area (Å²) in [5.41, 5.74) is 0. The van der Waals surface area contributed by atoms with Crippen LogP contribution in [0.3, 0.4) is 0 Å². The summed E-state index contributed by atoms with van der Waals surface area (Å²) < 4.78 is 0. The molecule has 0 nitrogen and oxygen atoms in total. The minimum Gasteiger partial charge on any atom is 0 e. The van der Waals surface area contributed by atoms with E-state index < -0.39 is 11.9 Å². The van der Waals surface area contributed by atoms with E-state index in [4.69, 9.17) is 37.7 Å². The van der Waals surface area contributed by atoms with Crippen LogP contribution in [0.15, 0.2) is 0 Å². The number of rotatable bonds is 0. The van der Waals surface area contributed by atoms with E-state index in [0.717, 1.165) is 0 Å². The van der Waals surface area contributed by atoms with Gasteiger partial charge in [-0.3, -0.25) is 0 Å². The van der Waals surface area contributed by atoms with Crippen LogP contribution in [-0.4, -0.2) is 0 Å². The maximum absolute atomic E-state index is 5.02. The Morgan fingerprint density at radius 1 is 0.833 bits per heavy atom. The molecular weight excluding hydrogens is 341 g/mol. The van der Waals surface area contributed by atoms with Crippen molar-refractivity contribution in [2.45, 2.75) is 0 Å². The Morgan fingerprint density at radius 3 is 0.833 bits per heavy atom. The van der Waals surface area contributed by atoms with E-state index in [-0.39, 0.29) is 19.5 Å². The van der Waals surface area contributed by atoms with Gasteiger partial charge in [0.05, 0.1) is 0 Å². The van der Waals surface area contributed by atoms with Crippen LogP contribution in [0.2, 0.25) is 0 Å². The fourth-order valence-electron chi connectivity index (χ4n) is 0. The van der Waals surface area contributed by atoms with E-state index in [1.54, 1.807) is 0 Å². The van der Waals surface area contributed by atoms with Crippen molar-refractivity contribution in [1.82, 2.24) is 0 Å². The first-order valence-corrected chi connectivity index (χ1v) is 11.0. The third kappa shape index (κ3) is 31.7. The topological polar surface area (TPSA) is 0 Å². The van der Waals surface area contributed by atoms with Gasteiger partial charge in [-0.1, -0.05) is 0 Å². The molecule has 6 heteroatoms. The molecule has 0 rings (SSSR count). The first-order valence-electron chi connectivity index (χ1n) is 0.617. The van der Waals surface area contributed by atoms with Crippen LogP contribution in [0, 0.1) is 0 Å². The van der Waals surface area contributed by atoms with E-state index >= 15 is 0 Å². The quantitative estimate of drug-likeness (QED) is 0.595. The Kier molecular flexibility index (Phi) is 8.21. The van der Waals surface area contributed by atoms with Crippen molar-refractivity contribution in [3.63, 3.8) is 0 Å². The summed E-state index contributed by atoms with van der Waals surface area (Å²) in [6.07, 6.45) is 0. The molecule has 0 spiro atoms. The summed E-state index contributed by atoms with van der Waals surface area (Å²) in [7, 11) is 20.1. The molecule has 0 aliphatic heterocycles. The van der Waals surface area contributed by atoms with Gasteiger partial charge in [0.2, 0.25) is 0 Å². The molecule has 0 N–H and O–H groups in total. The van der Waals surface area contributed by atoms with Gasteiger partial charge in [0, 0.05) is 19.5 Å². The smallest absolute Gasteiger partial charge is 0 e. The molecule has 0 fully saturated rings. The van der Waals surface area contributed by atoms with Crippen molar-refractivity contribution in [1.29, 1.82) is 0 Å². The van der Waals surface area contributed by atoms with Gasteiger partial charge >= 0.3 is 49.6 Å². The van der Waals surface area contributed by atoms with Gasteiger partial charge < -0.3 is 0 Å². The van der Waals surface area contributed by atoms with Gasteiger partial charge in [0.15, 0.2) is 0 Å². The molecule has 0 atom stereocenters. The van der Waals surface area contributed by atoms with Crippen LogP contribution >= 0.6 is 37.7 Å². The zero-order valence-corrected chi connectivity index (χ0v) is 8.92. The average Bonchev–Trinajstić information content (AvgIpc) is 0.722. The fraction of sp³-hybridized carbons (Fsp3) is 0. The minimum atomic E-state index is -3.13. The summed E-state index contributed by atoms with van der Waals surface area (Å²) in [4.78, 5) is 0.